The number of nitrogens with zero attached hydrogens (tertiary/aromatic N) is 3. The van der Waals surface area contributed by atoms with Crippen LogP contribution >= 0.6 is 11.8 Å². The number of nitrogens with two attached hydrogens (primary N) is 1. The Hall–Kier alpha value is -3.28. The summed E-state index contributed by atoms with van der Waals surface area (Å²) < 4.78 is 59.6. The normalized spacial score (nSPS) is 10.8. The van der Waals surface area contributed by atoms with E-state index in [1.165, 1.54) is 18.2 Å². The van der Waals surface area contributed by atoms with E-state index in [0.717, 1.165) is 22.5 Å². The minimum absolute atomic E-state index is 0.0117. The molecule has 0 fully saturated rings. The summed E-state index contributed by atoms with van der Waals surface area (Å²) in [4.78, 5) is 11.9. The average Bonchev–Trinajstić information content (AvgIpc) is 3.06. The lowest BCUT2D eigenvalue weighted by Crippen LogP contribution is -2.18. The van der Waals surface area contributed by atoms with Crippen LogP contribution in [-0.2, 0) is 11.4 Å². The van der Waals surface area contributed by atoms with Crippen LogP contribution < -0.4 is 15.9 Å². The number of hydrogen-bond donors (Lipinski definition) is 2. The maximum atomic E-state index is 13.6. The van der Waals surface area contributed by atoms with Crippen molar-refractivity contribution < 1.29 is 27.1 Å². The summed E-state index contributed by atoms with van der Waals surface area (Å²) in [5.74, 6) is -0.0636. The molecule has 0 aliphatic rings. The first-order valence-corrected chi connectivity index (χ1v) is 8.98. The van der Waals surface area contributed by atoms with Crippen molar-refractivity contribution >= 4 is 23.4 Å². The molecule has 29 heavy (non-hydrogen) atoms. The Kier molecular flexibility index (Phi) is 6.22. The molecular formula is C17H13F4N5O2S. The van der Waals surface area contributed by atoms with Crippen molar-refractivity contribution in [2.45, 2.75) is 11.8 Å². The SMILES string of the molecule is Nn1c(COc2ccccc2F)nnc1SCC(=O)Nc1ccc(F)c(F)c1F. The van der Waals surface area contributed by atoms with E-state index in [2.05, 4.69) is 15.5 Å². The molecule has 7 nitrogen and oxygen atoms in total. The zero-order chi connectivity index (χ0) is 21.0. The fourth-order valence-electron chi connectivity index (χ4n) is 2.15. The van der Waals surface area contributed by atoms with Crippen LogP contribution in [0.3, 0.4) is 0 Å². The van der Waals surface area contributed by atoms with Crippen LogP contribution in [0.5, 0.6) is 5.75 Å². The Morgan fingerprint density at radius 1 is 1.07 bits per heavy atom. The van der Waals surface area contributed by atoms with E-state index in [-0.39, 0.29) is 29.1 Å². The number of halogens is 4. The number of para-hydroxylation sites is 1. The molecule has 1 heterocycles. The molecule has 0 bridgehead atoms. The zero-order valence-corrected chi connectivity index (χ0v) is 15.4. The molecule has 0 saturated carbocycles. The number of carbonyl (C=O) groups excluding carboxylic acids is 1. The third-order valence-electron chi connectivity index (χ3n) is 3.57. The summed E-state index contributed by atoms with van der Waals surface area (Å²) in [6.45, 7) is -0.169. The van der Waals surface area contributed by atoms with Gasteiger partial charge in [-0.05, 0) is 24.3 Å². The first-order valence-electron chi connectivity index (χ1n) is 7.99. The summed E-state index contributed by atoms with van der Waals surface area (Å²) in [5, 5.41) is 9.84. The number of benzene rings is 2. The molecule has 0 saturated heterocycles. The number of hydrogen-bond acceptors (Lipinski definition) is 6. The third-order valence-corrected chi connectivity index (χ3v) is 4.51. The fourth-order valence-corrected chi connectivity index (χ4v) is 2.82. The number of nitrogen functional groups attached to an aromatic ring is 1. The second kappa shape index (κ2) is 8.82. The van der Waals surface area contributed by atoms with Gasteiger partial charge in [-0.25, -0.2) is 22.2 Å². The number of amides is 1. The molecule has 0 spiro atoms. The van der Waals surface area contributed by atoms with Crippen molar-refractivity contribution in [3.05, 3.63) is 65.5 Å². The monoisotopic (exact) mass is 427 g/mol. The maximum absolute atomic E-state index is 13.6. The fraction of sp³-hybridized carbons (Fsp3) is 0.118. The lowest BCUT2D eigenvalue weighted by atomic mass is 10.3. The first kappa shape index (κ1) is 20.5. The highest BCUT2D eigenvalue weighted by Crippen LogP contribution is 2.21. The summed E-state index contributed by atoms with van der Waals surface area (Å²) in [5.41, 5.74) is -0.498. The van der Waals surface area contributed by atoms with Crippen LogP contribution in [-0.4, -0.2) is 26.5 Å². The molecule has 0 radical (unpaired) electrons. The van der Waals surface area contributed by atoms with Gasteiger partial charge in [-0.3, -0.25) is 4.79 Å². The lowest BCUT2D eigenvalue weighted by molar-refractivity contribution is -0.113. The van der Waals surface area contributed by atoms with E-state index in [1.54, 1.807) is 6.07 Å². The van der Waals surface area contributed by atoms with E-state index in [9.17, 15) is 22.4 Å². The molecule has 0 aliphatic heterocycles. The third kappa shape index (κ3) is 4.77. The van der Waals surface area contributed by atoms with E-state index in [0.29, 0.717) is 6.07 Å². The van der Waals surface area contributed by atoms with Gasteiger partial charge >= 0.3 is 0 Å². The van der Waals surface area contributed by atoms with Gasteiger partial charge < -0.3 is 15.9 Å². The summed E-state index contributed by atoms with van der Waals surface area (Å²) in [6, 6.07) is 7.38. The first-order chi connectivity index (χ1) is 13.9. The van der Waals surface area contributed by atoms with Gasteiger partial charge in [-0.1, -0.05) is 23.9 Å². The Morgan fingerprint density at radius 3 is 2.59 bits per heavy atom. The van der Waals surface area contributed by atoms with Crippen LogP contribution in [0.15, 0.2) is 41.6 Å². The number of nitrogens with one attached hydrogen (secondary N) is 1. The lowest BCUT2D eigenvalue weighted by Gasteiger charge is -2.08. The highest BCUT2D eigenvalue weighted by Gasteiger charge is 2.17. The van der Waals surface area contributed by atoms with Gasteiger partial charge in [0.05, 0.1) is 11.4 Å². The Labute approximate surface area is 165 Å². The van der Waals surface area contributed by atoms with Gasteiger partial charge in [-0.15, -0.1) is 10.2 Å². The topological polar surface area (TPSA) is 95.1 Å². The smallest absolute Gasteiger partial charge is 0.234 e. The van der Waals surface area contributed by atoms with Crippen LogP contribution in [0, 0.1) is 23.3 Å². The molecule has 1 amide bonds. The molecule has 3 rings (SSSR count). The summed E-state index contributed by atoms with van der Waals surface area (Å²) >= 11 is 0.866. The van der Waals surface area contributed by atoms with E-state index < -0.39 is 34.9 Å². The van der Waals surface area contributed by atoms with Gasteiger partial charge in [0.2, 0.25) is 11.1 Å². The molecule has 2 aromatic carbocycles. The molecule has 3 aromatic rings. The highest BCUT2D eigenvalue weighted by molar-refractivity contribution is 7.99. The van der Waals surface area contributed by atoms with Gasteiger partial charge in [0.15, 0.2) is 34.8 Å². The van der Waals surface area contributed by atoms with Gasteiger partial charge in [0, 0.05) is 0 Å². The zero-order valence-electron chi connectivity index (χ0n) is 14.5. The Balaban J connectivity index is 1.57. The molecule has 0 unspecified atom stereocenters. The molecule has 1 aromatic heterocycles. The summed E-state index contributed by atoms with van der Waals surface area (Å²) in [6.07, 6.45) is 0. The van der Waals surface area contributed by atoms with Crippen LogP contribution in [0.4, 0.5) is 23.2 Å². The van der Waals surface area contributed by atoms with Crippen molar-refractivity contribution in [2.75, 3.05) is 16.9 Å². The largest absolute Gasteiger partial charge is 0.482 e. The minimum atomic E-state index is -1.68. The van der Waals surface area contributed by atoms with Gasteiger partial charge in [-0.2, -0.15) is 0 Å². The van der Waals surface area contributed by atoms with E-state index in [1.807, 2.05) is 0 Å². The van der Waals surface area contributed by atoms with Crippen LogP contribution in [0.25, 0.3) is 0 Å². The molecular weight excluding hydrogens is 414 g/mol. The molecule has 0 aliphatic carbocycles. The van der Waals surface area contributed by atoms with E-state index in [4.69, 9.17) is 10.6 Å². The minimum Gasteiger partial charge on any atom is -0.482 e. The van der Waals surface area contributed by atoms with Gasteiger partial charge in [0.1, 0.15) is 6.61 Å². The van der Waals surface area contributed by atoms with Crippen LogP contribution in [0.2, 0.25) is 0 Å². The number of ether oxygens (including phenoxy) is 1. The van der Waals surface area contributed by atoms with Crippen LogP contribution in [0.1, 0.15) is 5.82 Å². The second-order valence-electron chi connectivity index (χ2n) is 5.55. The van der Waals surface area contributed by atoms with Crippen molar-refractivity contribution in [3.63, 3.8) is 0 Å². The van der Waals surface area contributed by atoms with Crippen molar-refractivity contribution in [1.29, 1.82) is 0 Å². The van der Waals surface area contributed by atoms with Crippen molar-refractivity contribution in [2.24, 2.45) is 0 Å². The molecule has 3 N–H and O–H groups in total. The number of anilines is 1. The number of carbonyl (C=O) groups is 1. The molecule has 0 atom stereocenters. The van der Waals surface area contributed by atoms with Crippen molar-refractivity contribution in [1.82, 2.24) is 14.9 Å². The highest BCUT2D eigenvalue weighted by atomic mass is 32.2. The molecule has 152 valence electrons. The maximum Gasteiger partial charge on any atom is 0.234 e. The Morgan fingerprint density at radius 2 is 1.83 bits per heavy atom. The number of aromatic nitrogens is 3. The number of rotatable bonds is 7. The second-order valence-corrected chi connectivity index (χ2v) is 6.49. The number of thioether (sulfide) groups is 1. The average molecular weight is 427 g/mol. The predicted molar refractivity (Wildman–Crippen MR) is 96.6 cm³/mol. The van der Waals surface area contributed by atoms with E-state index >= 15 is 0 Å². The van der Waals surface area contributed by atoms with Gasteiger partial charge in [0.25, 0.3) is 0 Å². The molecule has 12 heteroatoms. The predicted octanol–water partition coefficient (Wildman–Crippen LogP) is 2.86. The van der Waals surface area contributed by atoms with Crippen molar-refractivity contribution in [3.8, 4) is 5.75 Å². The quantitative estimate of drug-likeness (QED) is 0.261. The Bertz CT molecular complexity index is 1050. The standard InChI is InChI=1S/C17H13F4N5O2S/c18-9-3-1-2-4-12(9)28-7-13-24-25-17(26(13)22)29-8-14(27)23-11-6-5-10(19)15(20)16(11)21/h1-6H,7-8,22H2,(H,23,27). The summed E-state index contributed by atoms with van der Waals surface area (Å²) in [7, 11) is 0.